The summed E-state index contributed by atoms with van der Waals surface area (Å²) in [6.07, 6.45) is 5.69. The van der Waals surface area contributed by atoms with Gasteiger partial charge in [-0.15, -0.1) is 0 Å². The summed E-state index contributed by atoms with van der Waals surface area (Å²) in [6.45, 7) is 5.41. The number of ether oxygens (including phenoxy) is 1. The number of hydrogen-bond donors (Lipinski definition) is 0. The van der Waals surface area contributed by atoms with E-state index in [4.69, 9.17) is 4.74 Å². The van der Waals surface area contributed by atoms with E-state index in [-0.39, 0.29) is 12.1 Å². The van der Waals surface area contributed by atoms with Crippen molar-refractivity contribution >= 4 is 5.97 Å². The van der Waals surface area contributed by atoms with E-state index in [1.54, 1.807) is 6.92 Å². The van der Waals surface area contributed by atoms with Crippen LogP contribution in [0.25, 0.3) is 0 Å². The Morgan fingerprint density at radius 2 is 2.06 bits per heavy atom. The van der Waals surface area contributed by atoms with Crippen molar-refractivity contribution < 1.29 is 9.53 Å². The van der Waals surface area contributed by atoms with Crippen LogP contribution in [-0.2, 0) is 9.53 Å². The molecule has 0 radical (unpaired) electrons. The molecule has 4 aliphatic carbocycles. The molecule has 1 spiro atoms. The maximum absolute atomic E-state index is 11.6. The van der Waals surface area contributed by atoms with Crippen LogP contribution in [0.2, 0.25) is 0 Å². The smallest absolute Gasteiger partial charge is 0.333 e. The fourth-order valence-electron chi connectivity index (χ4n) is 5.37. The molecule has 2 bridgehead atoms. The van der Waals surface area contributed by atoms with E-state index in [0.29, 0.717) is 22.8 Å². The highest BCUT2D eigenvalue weighted by Crippen LogP contribution is 2.81. The third-order valence-corrected chi connectivity index (χ3v) is 5.97. The molecule has 0 aromatic rings. The van der Waals surface area contributed by atoms with Crippen molar-refractivity contribution in [2.45, 2.75) is 38.7 Å². The Labute approximate surface area is 96.0 Å². The zero-order valence-electron chi connectivity index (χ0n) is 9.74. The van der Waals surface area contributed by atoms with Gasteiger partial charge >= 0.3 is 5.97 Å². The van der Waals surface area contributed by atoms with Crippen molar-refractivity contribution in [3.8, 4) is 0 Å². The topological polar surface area (TPSA) is 26.3 Å². The minimum Gasteiger partial charge on any atom is -0.458 e. The van der Waals surface area contributed by atoms with Crippen molar-refractivity contribution in [2.75, 3.05) is 0 Å². The fraction of sp³-hybridized carbons (Fsp3) is 0.786. The zero-order valence-corrected chi connectivity index (χ0v) is 9.74. The Morgan fingerprint density at radius 3 is 2.69 bits per heavy atom. The fourth-order valence-corrected chi connectivity index (χ4v) is 5.37. The van der Waals surface area contributed by atoms with Gasteiger partial charge in [-0.3, -0.25) is 0 Å². The van der Waals surface area contributed by atoms with E-state index >= 15 is 0 Å². The molecule has 16 heavy (non-hydrogen) atoms. The first-order chi connectivity index (χ1) is 7.63. The van der Waals surface area contributed by atoms with Gasteiger partial charge in [0.05, 0.1) is 0 Å². The van der Waals surface area contributed by atoms with E-state index in [9.17, 15) is 4.79 Å². The molecular weight excluding hydrogens is 200 g/mol. The highest BCUT2D eigenvalue weighted by Gasteiger charge is 2.77. The summed E-state index contributed by atoms with van der Waals surface area (Å²) in [7, 11) is 0. The number of rotatable bonds is 2. The monoisotopic (exact) mass is 218 g/mol. The predicted octanol–water partition coefficient (Wildman–Crippen LogP) is 2.54. The summed E-state index contributed by atoms with van der Waals surface area (Å²) in [6, 6.07) is 0. The first-order valence-electron chi connectivity index (χ1n) is 6.49. The molecule has 6 unspecified atom stereocenters. The molecule has 0 amide bonds. The molecule has 4 aliphatic rings. The minimum absolute atomic E-state index is 0.173. The SMILES string of the molecule is C=C(C)C(=O)OC1C2CC3CC4CC1C34C2. The number of hydrogen-bond acceptors (Lipinski definition) is 2. The molecule has 4 rings (SSSR count). The Hall–Kier alpha value is -0.790. The number of esters is 1. The summed E-state index contributed by atoms with van der Waals surface area (Å²) in [4.78, 5) is 11.6. The lowest BCUT2D eigenvalue weighted by molar-refractivity contribution is -0.215. The van der Waals surface area contributed by atoms with Gasteiger partial charge in [-0.2, -0.15) is 0 Å². The van der Waals surface area contributed by atoms with E-state index in [2.05, 4.69) is 6.58 Å². The molecule has 4 fully saturated rings. The molecule has 0 aromatic carbocycles. The molecule has 6 atom stereocenters. The summed E-state index contributed by atoms with van der Waals surface area (Å²) >= 11 is 0. The Morgan fingerprint density at radius 1 is 1.31 bits per heavy atom. The first kappa shape index (κ1) is 9.26. The van der Waals surface area contributed by atoms with E-state index in [0.717, 1.165) is 11.8 Å². The van der Waals surface area contributed by atoms with Crippen LogP contribution in [0, 0.1) is 29.1 Å². The van der Waals surface area contributed by atoms with Crippen molar-refractivity contribution in [3.63, 3.8) is 0 Å². The first-order valence-corrected chi connectivity index (χ1v) is 6.49. The number of carbonyl (C=O) groups excluding carboxylic acids is 1. The molecule has 0 N–H and O–H groups in total. The van der Waals surface area contributed by atoms with Crippen molar-refractivity contribution in [1.29, 1.82) is 0 Å². The molecule has 0 heterocycles. The van der Waals surface area contributed by atoms with Crippen LogP contribution in [0.5, 0.6) is 0 Å². The average Bonchev–Trinajstić information content (AvgIpc) is 2.69. The molecule has 2 nitrogen and oxygen atoms in total. The molecular formula is C14H18O2. The van der Waals surface area contributed by atoms with Crippen LogP contribution in [0.4, 0.5) is 0 Å². The van der Waals surface area contributed by atoms with Crippen LogP contribution < -0.4 is 0 Å². The van der Waals surface area contributed by atoms with Gasteiger partial charge in [-0.1, -0.05) is 6.58 Å². The van der Waals surface area contributed by atoms with Crippen molar-refractivity contribution in [2.24, 2.45) is 29.1 Å². The number of carbonyl (C=O) groups is 1. The zero-order chi connectivity index (χ0) is 11.1. The maximum Gasteiger partial charge on any atom is 0.333 e. The predicted molar refractivity (Wildman–Crippen MR) is 59.6 cm³/mol. The van der Waals surface area contributed by atoms with Gasteiger partial charge in [0.2, 0.25) is 0 Å². The summed E-state index contributed by atoms with van der Waals surface area (Å²) < 4.78 is 5.67. The van der Waals surface area contributed by atoms with Gasteiger partial charge in [0.1, 0.15) is 6.10 Å². The van der Waals surface area contributed by atoms with Crippen molar-refractivity contribution in [3.05, 3.63) is 12.2 Å². The van der Waals surface area contributed by atoms with Gasteiger partial charge in [-0.25, -0.2) is 4.79 Å². The van der Waals surface area contributed by atoms with Crippen LogP contribution in [0.3, 0.4) is 0 Å². The second kappa shape index (κ2) is 2.55. The molecule has 0 saturated heterocycles. The lowest BCUT2D eigenvalue weighted by atomic mass is 9.38. The highest BCUT2D eigenvalue weighted by atomic mass is 16.5. The van der Waals surface area contributed by atoms with Gasteiger partial charge in [-0.05, 0) is 55.8 Å². The maximum atomic E-state index is 11.6. The molecule has 4 saturated carbocycles. The lowest BCUT2D eigenvalue weighted by Crippen LogP contribution is -2.63. The van der Waals surface area contributed by atoms with Gasteiger partial charge in [0.25, 0.3) is 0 Å². The van der Waals surface area contributed by atoms with Crippen LogP contribution in [0.15, 0.2) is 12.2 Å². The van der Waals surface area contributed by atoms with Crippen molar-refractivity contribution in [1.82, 2.24) is 0 Å². The molecule has 2 heteroatoms. The van der Waals surface area contributed by atoms with E-state index in [1.807, 2.05) is 0 Å². The third kappa shape index (κ3) is 0.781. The summed E-state index contributed by atoms with van der Waals surface area (Å²) in [5, 5.41) is 0. The quantitative estimate of drug-likeness (QED) is 0.526. The Bertz CT molecular complexity index is 400. The minimum atomic E-state index is -0.173. The third-order valence-electron chi connectivity index (χ3n) is 5.97. The van der Waals surface area contributed by atoms with Gasteiger partial charge in [0, 0.05) is 11.5 Å². The Kier molecular flexibility index (Phi) is 1.47. The largest absolute Gasteiger partial charge is 0.458 e. The highest BCUT2D eigenvalue weighted by molar-refractivity contribution is 5.87. The second-order valence-electron chi connectivity index (χ2n) is 6.43. The van der Waals surface area contributed by atoms with Gasteiger partial charge in [0.15, 0.2) is 0 Å². The lowest BCUT2D eigenvalue weighted by Gasteiger charge is -2.67. The molecule has 0 aliphatic heterocycles. The van der Waals surface area contributed by atoms with E-state index < -0.39 is 0 Å². The molecule has 86 valence electrons. The van der Waals surface area contributed by atoms with E-state index in [1.165, 1.54) is 25.7 Å². The molecule has 0 aromatic heterocycles. The summed E-state index contributed by atoms with van der Waals surface area (Å²) in [5.41, 5.74) is 1.19. The standard InChI is InChI=1S/C14H18O2/c1-7(2)13(15)16-12-8-3-9-4-10-5-11(12)14(9,10)6-8/h8-12H,1,3-6H2,2H3. The summed E-state index contributed by atoms with van der Waals surface area (Å²) in [5.74, 6) is 3.18. The number of fused-ring (bicyclic) bond motifs is 1. The van der Waals surface area contributed by atoms with Crippen LogP contribution in [-0.4, -0.2) is 12.1 Å². The normalized spacial score (nSPS) is 54.9. The average molecular weight is 218 g/mol. The van der Waals surface area contributed by atoms with Crippen LogP contribution >= 0.6 is 0 Å². The second-order valence-corrected chi connectivity index (χ2v) is 6.43. The Balaban J connectivity index is 1.56. The van der Waals surface area contributed by atoms with Gasteiger partial charge < -0.3 is 4.74 Å². The van der Waals surface area contributed by atoms with Crippen LogP contribution in [0.1, 0.15) is 32.6 Å².